The molecule has 1 aromatic heterocycles. The molecule has 0 unspecified atom stereocenters. The summed E-state index contributed by atoms with van der Waals surface area (Å²) < 4.78 is 43.7. The van der Waals surface area contributed by atoms with Crippen molar-refractivity contribution in [1.82, 2.24) is 4.98 Å². The van der Waals surface area contributed by atoms with Gasteiger partial charge in [-0.25, -0.2) is 17.6 Å². The molecule has 4 aromatic rings. The quantitative estimate of drug-likeness (QED) is 0.228. The lowest BCUT2D eigenvalue weighted by molar-refractivity contribution is 0.0772. The van der Waals surface area contributed by atoms with Gasteiger partial charge in [-0.1, -0.05) is 17.7 Å². The van der Waals surface area contributed by atoms with Crippen LogP contribution < -0.4 is 5.32 Å². The van der Waals surface area contributed by atoms with Crippen LogP contribution >= 0.6 is 24.5 Å². The van der Waals surface area contributed by atoms with Crippen molar-refractivity contribution in [3.63, 3.8) is 0 Å². The fourth-order valence-corrected chi connectivity index (χ4v) is 4.57. The van der Waals surface area contributed by atoms with Crippen LogP contribution in [0.2, 0.25) is 5.02 Å². The summed E-state index contributed by atoms with van der Waals surface area (Å²) in [4.78, 5) is 29.5. The van der Waals surface area contributed by atoms with Crippen LogP contribution in [0.5, 0.6) is 0 Å². The Balaban J connectivity index is 1.80. The Morgan fingerprint density at radius 1 is 0.973 bits per heavy atom. The fraction of sp³-hybridized carbons (Fsp3) is 0.0385. The molecule has 0 saturated heterocycles. The third-order valence-corrected chi connectivity index (χ3v) is 7.01. The lowest BCUT2D eigenvalue weighted by atomic mass is 9.96. The van der Waals surface area contributed by atoms with Crippen molar-refractivity contribution in [2.24, 2.45) is 0 Å². The first-order chi connectivity index (χ1) is 17.6. The number of halogens is 2. The van der Waals surface area contributed by atoms with Gasteiger partial charge in [-0.05, 0) is 72.3 Å². The number of amides is 1. The van der Waals surface area contributed by atoms with Gasteiger partial charge in [0.05, 0.1) is 21.2 Å². The second-order valence-corrected chi connectivity index (χ2v) is 10.5. The minimum absolute atomic E-state index is 0.0305. The van der Waals surface area contributed by atoms with Crippen LogP contribution in [0.4, 0.5) is 10.1 Å². The Kier molecular flexibility index (Phi) is 7.63. The van der Waals surface area contributed by atoms with Crippen LogP contribution in [-0.4, -0.2) is 31.5 Å². The Hall–Kier alpha value is -3.73. The van der Waals surface area contributed by atoms with E-state index < -0.39 is 27.5 Å². The lowest BCUT2D eigenvalue weighted by Gasteiger charge is -2.14. The van der Waals surface area contributed by atoms with Crippen LogP contribution in [-0.2, 0) is 14.0 Å². The number of rotatable bonds is 6. The number of hydrogen-bond acceptors (Lipinski definition) is 7. The zero-order valence-corrected chi connectivity index (χ0v) is 21.6. The third-order valence-electron chi connectivity index (χ3n) is 5.40. The van der Waals surface area contributed by atoms with Crippen LogP contribution in [0.25, 0.3) is 22.4 Å². The summed E-state index contributed by atoms with van der Waals surface area (Å²) in [6.45, 7) is 0. The summed E-state index contributed by atoms with van der Waals surface area (Å²) >= 11 is 9.80. The number of nitrogens with zero attached hydrogens (tertiary/aromatic N) is 1. The summed E-state index contributed by atoms with van der Waals surface area (Å²) in [6, 6.07) is 17.2. The highest BCUT2D eigenvalue weighted by molar-refractivity contribution is 7.90. The van der Waals surface area contributed by atoms with E-state index in [2.05, 4.69) is 27.4 Å². The van der Waals surface area contributed by atoms with Crippen LogP contribution in [0.15, 0.2) is 83.9 Å². The molecule has 0 aliphatic carbocycles. The molecule has 1 N–H and O–H groups in total. The molecule has 37 heavy (non-hydrogen) atoms. The van der Waals surface area contributed by atoms with Crippen LogP contribution in [0, 0.1) is 5.82 Å². The zero-order chi connectivity index (χ0) is 26.7. The molecule has 7 nitrogen and oxygen atoms in total. The highest BCUT2D eigenvalue weighted by Crippen LogP contribution is 2.33. The van der Waals surface area contributed by atoms with Crippen molar-refractivity contribution >= 4 is 51.9 Å². The third kappa shape index (κ3) is 5.82. The minimum Gasteiger partial charge on any atom is -0.391 e. The van der Waals surface area contributed by atoms with Gasteiger partial charge in [0.15, 0.2) is 9.84 Å². The van der Waals surface area contributed by atoms with Crippen molar-refractivity contribution < 1.29 is 26.6 Å². The van der Waals surface area contributed by atoms with E-state index >= 15 is 0 Å². The first kappa shape index (κ1) is 26.3. The number of sulfone groups is 1. The molecular formula is C26H18ClFN2O5S2. The predicted molar refractivity (Wildman–Crippen MR) is 142 cm³/mol. The van der Waals surface area contributed by atoms with E-state index in [1.165, 1.54) is 24.3 Å². The second-order valence-electron chi connectivity index (χ2n) is 7.92. The first-order valence-electron chi connectivity index (χ1n) is 10.6. The molecule has 188 valence electrons. The molecule has 0 fully saturated rings. The number of pyridine rings is 1. The number of thiol groups is 1. The van der Waals surface area contributed by atoms with E-state index in [0.717, 1.165) is 18.4 Å². The molecule has 1 amide bonds. The molecule has 0 atom stereocenters. The minimum atomic E-state index is -3.70. The SMILES string of the molecule is CS(=O)(=O)c1ccc(C(=O)Nc2ccc(Cl)c(-c3ccccn3)c2)c(-c2cc(C(=O)OS)ccc2F)c1. The van der Waals surface area contributed by atoms with E-state index in [-0.39, 0.29) is 27.1 Å². The van der Waals surface area contributed by atoms with Crippen LogP contribution in [0.1, 0.15) is 20.7 Å². The second kappa shape index (κ2) is 10.7. The average molecular weight is 557 g/mol. The largest absolute Gasteiger partial charge is 0.391 e. The molecule has 0 radical (unpaired) electrons. The molecule has 3 aromatic carbocycles. The average Bonchev–Trinajstić information content (AvgIpc) is 2.89. The van der Waals surface area contributed by atoms with E-state index in [1.54, 1.807) is 42.6 Å². The van der Waals surface area contributed by atoms with E-state index in [9.17, 15) is 22.4 Å². The summed E-state index contributed by atoms with van der Waals surface area (Å²) in [6.07, 6.45) is 2.60. The van der Waals surface area contributed by atoms with Gasteiger partial charge >= 0.3 is 5.97 Å². The summed E-state index contributed by atoms with van der Waals surface area (Å²) in [5, 5.41) is 3.15. The Labute approximate surface area is 222 Å². The molecule has 1 heterocycles. The van der Waals surface area contributed by atoms with Crippen molar-refractivity contribution in [3.8, 4) is 22.4 Å². The maximum atomic E-state index is 14.9. The van der Waals surface area contributed by atoms with Crippen molar-refractivity contribution in [2.45, 2.75) is 4.90 Å². The highest BCUT2D eigenvalue weighted by Gasteiger charge is 2.21. The maximum Gasteiger partial charge on any atom is 0.349 e. The fourth-order valence-electron chi connectivity index (χ4n) is 3.61. The normalized spacial score (nSPS) is 11.1. The van der Waals surface area contributed by atoms with Gasteiger partial charge in [-0.15, -0.1) is 0 Å². The summed E-state index contributed by atoms with van der Waals surface area (Å²) in [5.74, 6) is -2.27. The van der Waals surface area contributed by atoms with Crippen molar-refractivity contribution in [1.29, 1.82) is 0 Å². The molecule has 0 bridgehead atoms. The van der Waals surface area contributed by atoms with Crippen molar-refractivity contribution in [2.75, 3.05) is 11.6 Å². The van der Waals surface area contributed by atoms with E-state index in [0.29, 0.717) is 22.0 Å². The van der Waals surface area contributed by atoms with Gasteiger partial charge in [0, 0.05) is 47.7 Å². The van der Waals surface area contributed by atoms with Gasteiger partial charge in [0.2, 0.25) is 0 Å². The number of carbonyl (C=O) groups excluding carboxylic acids is 2. The Bertz CT molecular complexity index is 1630. The van der Waals surface area contributed by atoms with E-state index in [4.69, 9.17) is 11.6 Å². The van der Waals surface area contributed by atoms with Gasteiger partial charge < -0.3 is 9.50 Å². The molecule has 0 aliphatic heterocycles. The topological polar surface area (TPSA) is 102 Å². The summed E-state index contributed by atoms with van der Waals surface area (Å²) in [7, 11) is -3.70. The maximum absolute atomic E-state index is 14.9. The van der Waals surface area contributed by atoms with Crippen molar-refractivity contribution in [3.05, 3.63) is 101 Å². The molecule has 0 aliphatic rings. The van der Waals surface area contributed by atoms with E-state index in [1.807, 2.05) is 0 Å². The zero-order valence-electron chi connectivity index (χ0n) is 19.1. The predicted octanol–water partition coefficient (Wildman–Crippen LogP) is 5.87. The highest BCUT2D eigenvalue weighted by atomic mass is 35.5. The number of anilines is 1. The molecule has 11 heteroatoms. The van der Waals surface area contributed by atoms with Gasteiger partial charge in [0.1, 0.15) is 5.82 Å². The number of hydrogen-bond donors (Lipinski definition) is 2. The van der Waals surface area contributed by atoms with Gasteiger partial charge in [0.25, 0.3) is 5.91 Å². The molecular weight excluding hydrogens is 539 g/mol. The number of benzene rings is 3. The molecule has 0 saturated carbocycles. The van der Waals surface area contributed by atoms with Crippen LogP contribution in [0.3, 0.4) is 0 Å². The Morgan fingerprint density at radius 3 is 2.43 bits per heavy atom. The number of nitrogens with one attached hydrogen (secondary N) is 1. The van der Waals surface area contributed by atoms with Gasteiger partial charge in [-0.2, -0.15) is 0 Å². The Morgan fingerprint density at radius 2 is 1.76 bits per heavy atom. The summed E-state index contributed by atoms with van der Waals surface area (Å²) in [5.41, 5.74) is 1.27. The number of carbonyl (C=O) groups is 2. The lowest BCUT2D eigenvalue weighted by Crippen LogP contribution is -2.14. The number of aromatic nitrogens is 1. The molecule has 0 spiro atoms. The monoisotopic (exact) mass is 556 g/mol. The first-order valence-corrected chi connectivity index (χ1v) is 13.2. The smallest absolute Gasteiger partial charge is 0.349 e. The standard InChI is InChI=1S/C26H18ClFN2O5S2/c1-37(33,34)17-7-8-18(19(14-17)20-12-15(26(32)35-36)5-10-23(20)28)25(31)30-16-6-9-22(27)21(13-16)24-4-2-3-11-29-24/h2-14,36H,1H3,(H,30,31). The molecule has 4 rings (SSSR count). The van der Waals surface area contributed by atoms with Gasteiger partial charge in [-0.3, -0.25) is 9.78 Å².